The van der Waals surface area contributed by atoms with Gasteiger partial charge >= 0.3 is 0 Å². The second-order valence-electron chi connectivity index (χ2n) is 4.05. The lowest BCUT2D eigenvalue weighted by Gasteiger charge is -2.12. The number of hydrogen-bond acceptors (Lipinski definition) is 3. The summed E-state index contributed by atoms with van der Waals surface area (Å²) in [5, 5.41) is 0. The SMILES string of the molecule is COc1ccc(C=O)cc1COc1ccc(F)cc1Br. The molecular weight excluding hydrogens is 327 g/mol. The molecule has 0 bridgehead atoms. The number of carbonyl (C=O) groups is 1. The number of hydrogen-bond donors (Lipinski definition) is 0. The molecule has 2 aromatic rings. The third kappa shape index (κ3) is 3.36. The maximum atomic E-state index is 13.0. The topological polar surface area (TPSA) is 35.5 Å². The summed E-state index contributed by atoms with van der Waals surface area (Å²) in [5.74, 6) is 0.809. The molecule has 0 aromatic heterocycles. The Hall–Kier alpha value is -1.88. The summed E-state index contributed by atoms with van der Waals surface area (Å²) < 4.78 is 24.3. The van der Waals surface area contributed by atoms with E-state index in [0.717, 1.165) is 11.8 Å². The fourth-order valence-electron chi connectivity index (χ4n) is 1.73. The van der Waals surface area contributed by atoms with E-state index < -0.39 is 0 Å². The summed E-state index contributed by atoms with van der Waals surface area (Å²) >= 11 is 3.23. The molecule has 5 heteroatoms. The second kappa shape index (κ2) is 6.52. The summed E-state index contributed by atoms with van der Waals surface area (Å²) in [6.45, 7) is 0.217. The maximum absolute atomic E-state index is 13.0. The average Bonchev–Trinajstić information content (AvgIpc) is 2.46. The largest absolute Gasteiger partial charge is 0.496 e. The molecule has 0 aliphatic carbocycles. The Balaban J connectivity index is 2.19. The number of ether oxygens (including phenoxy) is 2. The molecule has 0 N–H and O–H groups in total. The molecule has 0 spiro atoms. The van der Waals surface area contributed by atoms with Gasteiger partial charge in [0, 0.05) is 11.1 Å². The van der Waals surface area contributed by atoms with Gasteiger partial charge in [0.15, 0.2) is 0 Å². The molecule has 0 radical (unpaired) electrons. The zero-order chi connectivity index (χ0) is 14.5. The Kier molecular flexibility index (Phi) is 4.74. The lowest BCUT2D eigenvalue weighted by molar-refractivity contribution is 0.112. The molecule has 0 aliphatic heterocycles. The van der Waals surface area contributed by atoms with Gasteiger partial charge in [0.1, 0.15) is 30.2 Å². The average molecular weight is 339 g/mol. The minimum Gasteiger partial charge on any atom is -0.496 e. The van der Waals surface area contributed by atoms with Gasteiger partial charge in [-0.15, -0.1) is 0 Å². The maximum Gasteiger partial charge on any atom is 0.150 e. The minimum atomic E-state index is -0.343. The van der Waals surface area contributed by atoms with Crippen LogP contribution in [-0.4, -0.2) is 13.4 Å². The van der Waals surface area contributed by atoms with Crippen molar-refractivity contribution in [2.45, 2.75) is 6.61 Å². The van der Waals surface area contributed by atoms with Crippen molar-refractivity contribution in [2.24, 2.45) is 0 Å². The Labute approximate surface area is 124 Å². The molecule has 0 amide bonds. The summed E-state index contributed by atoms with van der Waals surface area (Å²) in [6.07, 6.45) is 0.761. The van der Waals surface area contributed by atoms with Crippen LogP contribution in [0.2, 0.25) is 0 Å². The third-order valence-corrected chi connectivity index (χ3v) is 3.34. The first kappa shape index (κ1) is 14.5. The van der Waals surface area contributed by atoms with Gasteiger partial charge in [-0.25, -0.2) is 4.39 Å². The van der Waals surface area contributed by atoms with E-state index in [1.54, 1.807) is 25.3 Å². The van der Waals surface area contributed by atoms with Gasteiger partial charge in [0.25, 0.3) is 0 Å². The summed E-state index contributed by atoms with van der Waals surface area (Å²) in [6, 6.07) is 9.26. The van der Waals surface area contributed by atoms with Gasteiger partial charge in [0.05, 0.1) is 11.6 Å². The summed E-state index contributed by atoms with van der Waals surface area (Å²) in [4.78, 5) is 10.8. The van der Waals surface area contributed by atoms with E-state index in [0.29, 0.717) is 21.5 Å². The highest BCUT2D eigenvalue weighted by atomic mass is 79.9. The Morgan fingerprint density at radius 2 is 1.95 bits per heavy atom. The monoisotopic (exact) mass is 338 g/mol. The predicted molar refractivity (Wildman–Crippen MR) is 76.8 cm³/mol. The fraction of sp³-hybridized carbons (Fsp3) is 0.133. The highest BCUT2D eigenvalue weighted by molar-refractivity contribution is 9.10. The highest BCUT2D eigenvalue weighted by Crippen LogP contribution is 2.28. The van der Waals surface area contributed by atoms with Crippen LogP contribution in [0.5, 0.6) is 11.5 Å². The van der Waals surface area contributed by atoms with Crippen molar-refractivity contribution in [1.29, 1.82) is 0 Å². The number of methoxy groups -OCH3 is 1. The summed E-state index contributed by atoms with van der Waals surface area (Å²) in [7, 11) is 1.55. The second-order valence-corrected chi connectivity index (χ2v) is 4.91. The van der Waals surface area contributed by atoms with Crippen molar-refractivity contribution in [3.8, 4) is 11.5 Å². The molecule has 2 aromatic carbocycles. The van der Waals surface area contributed by atoms with Crippen LogP contribution in [0.25, 0.3) is 0 Å². The van der Waals surface area contributed by atoms with Crippen molar-refractivity contribution < 1.29 is 18.7 Å². The van der Waals surface area contributed by atoms with E-state index in [1.807, 2.05) is 0 Å². The smallest absolute Gasteiger partial charge is 0.150 e. The summed E-state index contributed by atoms with van der Waals surface area (Å²) in [5.41, 5.74) is 1.29. The van der Waals surface area contributed by atoms with Crippen LogP contribution >= 0.6 is 15.9 Å². The van der Waals surface area contributed by atoms with E-state index >= 15 is 0 Å². The Bertz CT molecular complexity index is 629. The predicted octanol–water partition coefficient (Wildman–Crippen LogP) is 3.99. The Morgan fingerprint density at radius 3 is 2.60 bits per heavy atom. The molecule has 0 saturated heterocycles. The molecular formula is C15H12BrFO3. The van der Waals surface area contributed by atoms with Gasteiger partial charge in [-0.1, -0.05) is 0 Å². The Morgan fingerprint density at radius 1 is 1.20 bits per heavy atom. The number of benzene rings is 2. The van der Waals surface area contributed by atoms with Gasteiger partial charge in [-0.05, 0) is 52.3 Å². The van der Waals surface area contributed by atoms with Gasteiger partial charge < -0.3 is 9.47 Å². The molecule has 0 heterocycles. The van der Waals surface area contributed by atoms with Crippen LogP contribution in [0.4, 0.5) is 4.39 Å². The first-order valence-corrected chi connectivity index (χ1v) is 6.63. The lowest BCUT2D eigenvalue weighted by Crippen LogP contribution is -2.00. The molecule has 0 atom stereocenters. The van der Waals surface area contributed by atoms with E-state index in [1.165, 1.54) is 18.2 Å². The van der Waals surface area contributed by atoms with Crippen LogP contribution in [0.1, 0.15) is 15.9 Å². The molecule has 0 unspecified atom stereocenters. The van der Waals surface area contributed by atoms with E-state index in [-0.39, 0.29) is 12.4 Å². The van der Waals surface area contributed by atoms with E-state index in [4.69, 9.17) is 9.47 Å². The van der Waals surface area contributed by atoms with Gasteiger partial charge in [-0.2, -0.15) is 0 Å². The number of aldehydes is 1. The lowest BCUT2D eigenvalue weighted by atomic mass is 10.1. The normalized spacial score (nSPS) is 10.2. The van der Waals surface area contributed by atoms with Crippen molar-refractivity contribution in [3.63, 3.8) is 0 Å². The van der Waals surface area contributed by atoms with Crippen molar-refractivity contribution in [1.82, 2.24) is 0 Å². The van der Waals surface area contributed by atoms with Crippen molar-refractivity contribution >= 4 is 22.2 Å². The number of halogens is 2. The van der Waals surface area contributed by atoms with Crippen LogP contribution in [0.15, 0.2) is 40.9 Å². The van der Waals surface area contributed by atoms with Crippen LogP contribution in [0, 0.1) is 5.82 Å². The molecule has 0 aliphatic rings. The zero-order valence-corrected chi connectivity index (χ0v) is 12.3. The number of rotatable bonds is 5. The molecule has 0 saturated carbocycles. The van der Waals surface area contributed by atoms with Gasteiger partial charge in [0.2, 0.25) is 0 Å². The van der Waals surface area contributed by atoms with Crippen LogP contribution in [0.3, 0.4) is 0 Å². The first-order chi connectivity index (χ1) is 9.63. The molecule has 3 nitrogen and oxygen atoms in total. The molecule has 0 fully saturated rings. The van der Waals surface area contributed by atoms with E-state index in [2.05, 4.69) is 15.9 Å². The van der Waals surface area contributed by atoms with Crippen LogP contribution < -0.4 is 9.47 Å². The first-order valence-electron chi connectivity index (χ1n) is 5.84. The van der Waals surface area contributed by atoms with Crippen LogP contribution in [-0.2, 0) is 6.61 Å². The highest BCUT2D eigenvalue weighted by Gasteiger charge is 2.08. The van der Waals surface area contributed by atoms with Crippen molar-refractivity contribution in [3.05, 3.63) is 57.8 Å². The molecule has 2 rings (SSSR count). The zero-order valence-electron chi connectivity index (χ0n) is 10.7. The standard InChI is InChI=1S/C15H12BrFO3/c1-19-14-4-2-10(8-18)6-11(14)9-20-15-5-3-12(17)7-13(15)16/h2-8H,9H2,1H3. The third-order valence-electron chi connectivity index (χ3n) is 2.72. The van der Waals surface area contributed by atoms with Crippen molar-refractivity contribution in [2.75, 3.05) is 7.11 Å². The fourth-order valence-corrected chi connectivity index (χ4v) is 2.20. The molecule has 104 valence electrons. The quantitative estimate of drug-likeness (QED) is 0.773. The number of carbonyl (C=O) groups excluding carboxylic acids is 1. The molecule has 20 heavy (non-hydrogen) atoms. The van der Waals surface area contributed by atoms with E-state index in [9.17, 15) is 9.18 Å². The van der Waals surface area contributed by atoms with Gasteiger partial charge in [-0.3, -0.25) is 4.79 Å². The minimum absolute atomic E-state index is 0.217.